The van der Waals surface area contributed by atoms with Crippen LogP contribution in [0.4, 0.5) is 4.79 Å². The molecule has 2 aromatic carbocycles. The smallest absolute Gasteiger partial charge is 0.410 e. The molecule has 1 fully saturated rings. The molecule has 242 valence electrons. The van der Waals surface area contributed by atoms with Gasteiger partial charge >= 0.3 is 6.09 Å². The molecule has 0 radical (unpaired) electrons. The van der Waals surface area contributed by atoms with Crippen LogP contribution in [0.15, 0.2) is 53.3 Å². The number of nitrogens with zero attached hydrogens (tertiary/aromatic N) is 2. The Labute approximate surface area is 264 Å². The standard InChI is InChI=1S/C35H45N3O7/c1-35(2,3)45-34(41)38(22-25-12-16-30-31(21-25)43-20-19-42-30)26-13-10-24(11-14-26)7-6-18-37-28-8-5-9-29(44-23-32(39)36-4)27(28)15-17-33(37)40/h5,8-9,12,15-17,21,24,26H,6-7,10-11,13-14,18-20,22-23H2,1-4H3,(H,36,39). The molecule has 1 aliphatic carbocycles. The molecular formula is C35H45N3O7. The van der Waals surface area contributed by atoms with Gasteiger partial charge in [-0.1, -0.05) is 12.1 Å². The van der Waals surface area contributed by atoms with Gasteiger partial charge in [0, 0.05) is 37.6 Å². The fraction of sp³-hybridized carbons (Fsp3) is 0.514. The van der Waals surface area contributed by atoms with Crippen molar-refractivity contribution in [2.45, 2.75) is 84.0 Å². The van der Waals surface area contributed by atoms with Crippen LogP contribution in [0.2, 0.25) is 0 Å². The van der Waals surface area contributed by atoms with Gasteiger partial charge in [-0.05, 0) is 101 Å². The Bertz CT molecular complexity index is 1550. The van der Waals surface area contributed by atoms with Gasteiger partial charge in [0.15, 0.2) is 18.1 Å². The summed E-state index contributed by atoms with van der Waals surface area (Å²) in [5.74, 6) is 2.33. The first-order valence-electron chi connectivity index (χ1n) is 16.0. The Kier molecular flexibility index (Phi) is 10.2. The van der Waals surface area contributed by atoms with E-state index in [1.165, 1.54) is 0 Å². The summed E-state index contributed by atoms with van der Waals surface area (Å²) in [6, 6.07) is 14.8. The topological polar surface area (TPSA) is 108 Å². The van der Waals surface area contributed by atoms with Crippen LogP contribution in [0.5, 0.6) is 17.2 Å². The van der Waals surface area contributed by atoms with E-state index in [1.807, 2.05) is 62.1 Å². The monoisotopic (exact) mass is 619 g/mol. The average molecular weight is 620 g/mol. The summed E-state index contributed by atoms with van der Waals surface area (Å²) in [5, 5.41) is 3.36. The fourth-order valence-corrected chi connectivity index (χ4v) is 6.20. The predicted octanol–water partition coefficient (Wildman–Crippen LogP) is 5.67. The van der Waals surface area contributed by atoms with Gasteiger partial charge in [0.1, 0.15) is 24.6 Å². The second-order valence-electron chi connectivity index (χ2n) is 12.9. The van der Waals surface area contributed by atoms with Crippen molar-refractivity contribution in [1.82, 2.24) is 14.8 Å². The molecule has 2 aliphatic rings. The van der Waals surface area contributed by atoms with Crippen molar-refractivity contribution >= 4 is 22.9 Å². The van der Waals surface area contributed by atoms with Crippen LogP contribution in [0.3, 0.4) is 0 Å². The number of carbonyl (C=O) groups is 2. The van der Waals surface area contributed by atoms with E-state index in [-0.39, 0.29) is 30.2 Å². The average Bonchev–Trinajstić information content (AvgIpc) is 3.02. The van der Waals surface area contributed by atoms with Gasteiger partial charge in [-0.15, -0.1) is 0 Å². The number of carbonyl (C=O) groups excluding carboxylic acids is 2. The van der Waals surface area contributed by atoms with Crippen LogP contribution in [-0.2, 0) is 22.6 Å². The molecule has 0 saturated heterocycles. The number of rotatable bonds is 10. The van der Waals surface area contributed by atoms with Crippen LogP contribution in [-0.4, -0.2) is 60.0 Å². The van der Waals surface area contributed by atoms with E-state index in [1.54, 1.807) is 23.7 Å². The van der Waals surface area contributed by atoms with E-state index in [0.29, 0.717) is 43.7 Å². The molecule has 1 N–H and O–H groups in total. The van der Waals surface area contributed by atoms with Crippen molar-refractivity contribution in [2.24, 2.45) is 5.92 Å². The van der Waals surface area contributed by atoms with E-state index in [4.69, 9.17) is 18.9 Å². The van der Waals surface area contributed by atoms with E-state index < -0.39 is 5.60 Å². The molecule has 5 rings (SSSR count). The van der Waals surface area contributed by atoms with Crippen molar-refractivity contribution in [2.75, 3.05) is 26.9 Å². The second-order valence-corrected chi connectivity index (χ2v) is 12.9. The lowest BCUT2D eigenvalue weighted by molar-refractivity contribution is -0.122. The first-order valence-corrected chi connectivity index (χ1v) is 16.0. The van der Waals surface area contributed by atoms with Crippen molar-refractivity contribution in [1.29, 1.82) is 0 Å². The summed E-state index contributed by atoms with van der Waals surface area (Å²) in [4.78, 5) is 39.8. The lowest BCUT2D eigenvalue weighted by Crippen LogP contribution is -2.44. The highest BCUT2D eigenvalue weighted by Crippen LogP contribution is 2.35. The van der Waals surface area contributed by atoms with Gasteiger partial charge in [0.2, 0.25) is 0 Å². The molecule has 1 aliphatic heterocycles. The van der Waals surface area contributed by atoms with Gasteiger partial charge in [0.05, 0.1) is 5.52 Å². The number of nitrogens with one attached hydrogen (secondary N) is 1. The zero-order valence-corrected chi connectivity index (χ0v) is 26.8. The Morgan fingerprint density at radius 1 is 1.00 bits per heavy atom. The molecule has 0 unspecified atom stereocenters. The number of aromatic nitrogens is 1. The maximum absolute atomic E-state index is 13.4. The molecule has 2 amide bonds. The highest BCUT2D eigenvalue weighted by atomic mass is 16.6. The van der Waals surface area contributed by atoms with Crippen LogP contribution in [0.1, 0.15) is 64.9 Å². The number of ether oxygens (including phenoxy) is 4. The number of amides is 2. The lowest BCUT2D eigenvalue weighted by Gasteiger charge is -2.38. The number of pyridine rings is 1. The molecule has 0 atom stereocenters. The number of fused-ring (bicyclic) bond motifs is 2. The largest absolute Gasteiger partial charge is 0.486 e. The molecule has 3 aromatic rings. The Hall–Kier alpha value is -4.21. The number of benzene rings is 2. The van der Waals surface area contributed by atoms with Crippen molar-refractivity contribution in [3.05, 3.63) is 64.4 Å². The first kappa shape index (κ1) is 32.2. The minimum absolute atomic E-state index is 0.0539. The predicted molar refractivity (Wildman–Crippen MR) is 172 cm³/mol. The zero-order chi connectivity index (χ0) is 32.0. The van der Waals surface area contributed by atoms with Gasteiger partial charge in [-0.2, -0.15) is 0 Å². The molecule has 0 bridgehead atoms. The minimum Gasteiger partial charge on any atom is -0.486 e. The van der Waals surface area contributed by atoms with Crippen LogP contribution in [0, 0.1) is 5.92 Å². The highest BCUT2D eigenvalue weighted by Gasteiger charge is 2.32. The van der Waals surface area contributed by atoms with Gasteiger partial charge < -0.3 is 33.7 Å². The Morgan fingerprint density at radius 3 is 2.49 bits per heavy atom. The van der Waals surface area contributed by atoms with Crippen molar-refractivity contribution < 1.29 is 28.5 Å². The van der Waals surface area contributed by atoms with Crippen molar-refractivity contribution in [3.63, 3.8) is 0 Å². The summed E-state index contributed by atoms with van der Waals surface area (Å²) in [6.07, 6.45) is 5.38. The number of aryl methyl sites for hydroxylation is 1. The van der Waals surface area contributed by atoms with E-state index in [2.05, 4.69) is 5.32 Å². The van der Waals surface area contributed by atoms with Crippen LogP contribution < -0.4 is 25.1 Å². The molecule has 45 heavy (non-hydrogen) atoms. The minimum atomic E-state index is -0.587. The quantitative estimate of drug-likeness (QED) is 0.311. The fourth-order valence-electron chi connectivity index (χ4n) is 6.20. The van der Waals surface area contributed by atoms with Crippen LogP contribution >= 0.6 is 0 Å². The second kappa shape index (κ2) is 14.3. The molecule has 1 saturated carbocycles. The summed E-state index contributed by atoms with van der Waals surface area (Å²) < 4.78 is 24.8. The van der Waals surface area contributed by atoms with Gasteiger partial charge in [0.25, 0.3) is 11.5 Å². The summed E-state index contributed by atoms with van der Waals surface area (Å²) >= 11 is 0. The molecule has 10 heteroatoms. The molecule has 10 nitrogen and oxygen atoms in total. The number of likely N-dealkylation sites (N-methyl/N-ethyl adjacent to an activating group) is 1. The van der Waals surface area contributed by atoms with Crippen molar-refractivity contribution in [3.8, 4) is 17.2 Å². The highest BCUT2D eigenvalue weighted by molar-refractivity contribution is 5.86. The third kappa shape index (κ3) is 8.29. The SMILES string of the molecule is CNC(=O)COc1cccc2c1ccc(=O)n2CCCC1CCC(N(Cc2ccc3c(c2)OCCO3)C(=O)OC(C)(C)C)CC1. The van der Waals surface area contributed by atoms with Gasteiger partial charge in [-0.3, -0.25) is 9.59 Å². The molecular weight excluding hydrogens is 574 g/mol. The molecule has 1 aromatic heterocycles. The lowest BCUT2D eigenvalue weighted by atomic mass is 9.82. The van der Waals surface area contributed by atoms with E-state index in [9.17, 15) is 14.4 Å². The van der Waals surface area contributed by atoms with Crippen LogP contribution in [0.25, 0.3) is 10.9 Å². The summed E-state index contributed by atoms with van der Waals surface area (Å²) in [7, 11) is 1.57. The Morgan fingerprint density at radius 2 is 1.76 bits per heavy atom. The van der Waals surface area contributed by atoms with E-state index in [0.717, 1.165) is 60.7 Å². The maximum Gasteiger partial charge on any atom is 0.410 e. The Balaban J connectivity index is 1.20. The maximum atomic E-state index is 13.4. The summed E-state index contributed by atoms with van der Waals surface area (Å²) in [6.45, 7) is 7.69. The zero-order valence-electron chi connectivity index (χ0n) is 26.8. The first-order chi connectivity index (χ1) is 21.6. The van der Waals surface area contributed by atoms with Gasteiger partial charge in [-0.25, -0.2) is 4.79 Å². The third-order valence-electron chi connectivity index (χ3n) is 8.47. The normalized spacial score (nSPS) is 17.9. The third-order valence-corrected chi connectivity index (χ3v) is 8.47. The number of hydrogen-bond donors (Lipinski definition) is 1. The number of hydrogen-bond acceptors (Lipinski definition) is 7. The summed E-state index contributed by atoms with van der Waals surface area (Å²) in [5.41, 5.74) is 1.14. The van der Waals surface area contributed by atoms with E-state index >= 15 is 0 Å². The molecule has 0 spiro atoms. The molecule has 2 heterocycles.